The van der Waals surface area contributed by atoms with E-state index in [-0.39, 0.29) is 11.6 Å². The Hall–Kier alpha value is -3.28. The zero-order valence-electron chi connectivity index (χ0n) is 19.3. The lowest BCUT2D eigenvalue weighted by Gasteiger charge is -2.34. The molecule has 1 aliphatic carbocycles. The predicted molar refractivity (Wildman–Crippen MR) is 127 cm³/mol. The second-order valence-electron chi connectivity index (χ2n) is 8.46. The van der Waals surface area contributed by atoms with Crippen LogP contribution in [0.2, 0.25) is 0 Å². The summed E-state index contributed by atoms with van der Waals surface area (Å²) in [5.41, 5.74) is 1.63. The number of carbonyl (C=O) groups is 1. The van der Waals surface area contributed by atoms with E-state index < -0.39 is 5.91 Å². The first kappa shape index (κ1) is 24.4. The number of benzene rings is 1. The lowest BCUT2D eigenvalue weighted by molar-refractivity contribution is -0.118. The van der Waals surface area contributed by atoms with Gasteiger partial charge in [0, 0.05) is 37.6 Å². The van der Waals surface area contributed by atoms with E-state index in [1.54, 1.807) is 12.4 Å². The van der Waals surface area contributed by atoms with E-state index in [9.17, 15) is 10.1 Å². The Morgan fingerprint density at radius 1 is 1.30 bits per heavy atom. The van der Waals surface area contributed by atoms with Gasteiger partial charge in [0.25, 0.3) is 5.91 Å². The van der Waals surface area contributed by atoms with Gasteiger partial charge >= 0.3 is 0 Å². The summed E-state index contributed by atoms with van der Waals surface area (Å²) in [7, 11) is 4.10. The number of nitrogens with one attached hydrogen (secondary N) is 2. The predicted octanol–water partition coefficient (Wildman–Crippen LogP) is 2.57. The van der Waals surface area contributed by atoms with Crippen molar-refractivity contribution in [1.29, 1.82) is 5.26 Å². The number of amides is 1. The third-order valence-corrected chi connectivity index (χ3v) is 5.67. The van der Waals surface area contributed by atoms with E-state index in [1.165, 1.54) is 12.4 Å². The summed E-state index contributed by atoms with van der Waals surface area (Å²) in [6.45, 7) is 3.23. The zero-order valence-corrected chi connectivity index (χ0v) is 19.3. The average Bonchev–Trinajstić information content (AvgIpc) is 2.78. The van der Waals surface area contributed by atoms with Gasteiger partial charge in [0.2, 0.25) is 0 Å². The second-order valence-corrected chi connectivity index (χ2v) is 8.46. The van der Waals surface area contributed by atoms with Crippen molar-refractivity contribution in [3.63, 3.8) is 0 Å². The Bertz CT molecular complexity index is 966. The molecule has 1 aliphatic rings. The van der Waals surface area contributed by atoms with Crippen LogP contribution in [-0.4, -0.2) is 61.1 Å². The number of nitriles is 1. The summed E-state index contributed by atoms with van der Waals surface area (Å²) in [6, 6.07) is 9.71. The van der Waals surface area contributed by atoms with Crippen LogP contribution in [0.3, 0.4) is 0 Å². The van der Waals surface area contributed by atoms with Gasteiger partial charge in [-0.15, -0.1) is 0 Å². The molecule has 1 aromatic heterocycles. The number of rotatable bonds is 12. The Labute approximate surface area is 195 Å². The van der Waals surface area contributed by atoms with Crippen LogP contribution in [0.5, 0.6) is 5.75 Å². The molecule has 1 heterocycles. The first-order valence-corrected chi connectivity index (χ1v) is 11.3. The van der Waals surface area contributed by atoms with Gasteiger partial charge in [-0.3, -0.25) is 4.79 Å². The Balaban J connectivity index is 1.64. The molecule has 174 valence electrons. The van der Waals surface area contributed by atoms with Gasteiger partial charge in [-0.25, -0.2) is 9.97 Å². The van der Waals surface area contributed by atoms with Crippen LogP contribution in [0.1, 0.15) is 36.4 Å². The molecule has 8 nitrogen and oxygen atoms in total. The van der Waals surface area contributed by atoms with E-state index in [4.69, 9.17) is 4.74 Å². The van der Waals surface area contributed by atoms with Crippen molar-refractivity contribution in [1.82, 2.24) is 25.5 Å². The fourth-order valence-electron chi connectivity index (χ4n) is 3.63. The highest BCUT2D eigenvalue weighted by Crippen LogP contribution is 2.38. The first-order valence-electron chi connectivity index (χ1n) is 11.3. The van der Waals surface area contributed by atoms with Crippen molar-refractivity contribution in [2.75, 3.05) is 40.3 Å². The topological polar surface area (TPSA) is 103 Å². The van der Waals surface area contributed by atoms with Gasteiger partial charge in [-0.2, -0.15) is 5.26 Å². The van der Waals surface area contributed by atoms with Gasteiger partial charge in [0.1, 0.15) is 30.3 Å². The van der Waals surface area contributed by atoms with Crippen molar-refractivity contribution in [2.45, 2.75) is 25.3 Å². The largest absolute Gasteiger partial charge is 0.492 e. The smallest absolute Gasteiger partial charge is 0.262 e. The summed E-state index contributed by atoms with van der Waals surface area (Å²) < 4.78 is 5.92. The molecule has 1 fully saturated rings. The summed E-state index contributed by atoms with van der Waals surface area (Å²) >= 11 is 0. The SMILES string of the molecule is CN(C)CCNCCOc1cccc(C(NC(=O)/C(C#N)=C/c2cncnc2)C2CCC2)c1. The highest BCUT2D eigenvalue weighted by Gasteiger charge is 2.30. The highest BCUT2D eigenvalue weighted by atomic mass is 16.5. The molecule has 3 rings (SSSR count). The summed E-state index contributed by atoms with van der Waals surface area (Å²) in [5, 5.41) is 16.0. The van der Waals surface area contributed by atoms with Gasteiger partial charge in [0.15, 0.2) is 0 Å². The molecule has 1 aromatic carbocycles. The number of nitrogens with zero attached hydrogens (tertiary/aromatic N) is 4. The maximum atomic E-state index is 12.9. The first-order chi connectivity index (χ1) is 16.1. The maximum Gasteiger partial charge on any atom is 0.262 e. The molecule has 1 atom stereocenters. The molecule has 33 heavy (non-hydrogen) atoms. The number of carbonyl (C=O) groups excluding carboxylic acids is 1. The van der Waals surface area contributed by atoms with Crippen LogP contribution in [0, 0.1) is 17.2 Å². The third-order valence-electron chi connectivity index (χ3n) is 5.67. The van der Waals surface area contributed by atoms with E-state index in [2.05, 4.69) is 25.5 Å². The molecule has 2 N–H and O–H groups in total. The van der Waals surface area contributed by atoms with Gasteiger partial charge in [-0.05, 0) is 56.6 Å². The number of hydrogen-bond donors (Lipinski definition) is 2. The fourth-order valence-corrected chi connectivity index (χ4v) is 3.63. The van der Waals surface area contributed by atoms with Gasteiger partial charge < -0.3 is 20.3 Å². The van der Waals surface area contributed by atoms with E-state index >= 15 is 0 Å². The zero-order chi connectivity index (χ0) is 23.5. The lowest BCUT2D eigenvalue weighted by atomic mass is 9.77. The summed E-state index contributed by atoms with van der Waals surface area (Å²) in [6.07, 6.45) is 9.29. The van der Waals surface area contributed by atoms with Crippen molar-refractivity contribution >= 4 is 12.0 Å². The fraction of sp³-hybridized carbons (Fsp3) is 0.440. The van der Waals surface area contributed by atoms with Crippen LogP contribution in [0.4, 0.5) is 0 Å². The van der Waals surface area contributed by atoms with Gasteiger partial charge in [-0.1, -0.05) is 18.6 Å². The highest BCUT2D eigenvalue weighted by molar-refractivity contribution is 6.01. The molecule has 0 bridgehead atoms. The van der Waals surface area contributed by atoms with Crippen molar-refractivity contribution in [2.24, 2.45) is 5.92 Å². The maximum absolute atomic E-state index is 12.9. The molecule has 8 heteroatoms. The molecule has 0 aliphatic heterocycles. The van der Waals surface area contributed by atoms with Crippen molar-refractivity contribution < 1.29 is 9.53 Å². The normalized spacial score (nSPS) is 14.9. The second kappa shape index (κ2) is 12.7. The molecule has 1 amide bonds. The Kier molecular flexibility index (Phi) is 9.36. The summed E-state index contributed by atoms with van der Waals surface area (Å²) in [5.74, 6) is 0.726. The van der Waals surface area contributed by atoms with Crippen LogP contribution in [0.15, 0.2) is 48.6 Å². The number of aromatic nitrogens is 2. The van der Waals surface area contributed by atoms with E-state index in [1.807, 2.05) is 44.4 Å². The molecular weight excluding hydrogens is 416 g/mol. The van der Waals surface area contributed by atoms with Crippen molar-refractivity contribution in [3.8, 4) is 11.8 Å². The quantitative estimate of drug-likeness (QED) is 0.292. The minimum Gasteiger partial charge on any atom is -0.492 e. The number of likely N-dealkylation sites (N-methyl/N-ethyl adjacent to an activating group) is 1. The monoisotopic (exact) mass is 448 g/mol. The van der Waals surface area contributed by atoms with Crippen LogP contribution in [0.25, 0.3) is 6.08 Å². The van der Waals surface area contributed by atoms with Crippen LogP contribution >= 0.6 is 0 Å². The van der Waals surface area contributed by atoms with Crippen LogP contribution in [-0.2, 0) is 4.79 Å². The van der Waals surface area contributed by atoms with Gasteiger partial charge in [0.05, 0.1) is 6.04 Å². The van der Waals surface area contributed by atoms with E-state index in [0.717, 1.165) is 50.2 Å². The molecular formula is C25H32N6O2. The van der Waals surface area contributed by atoms with Crippen molar-refractivity contribution in [3.05, 3.63) is 59.7 Å². The molecule has 0 saturated heterocycles. The molecule has 0 spiro atoms. The number of hydrogen-bond acceptors (Lipinski definition) is 7. The Morgan fingerprint density at radius 3 is 2.76 bits per heavy atom. The van der Waals surface area contributed by atoms with E-state index in [0.29, 0.717) is 18.1 Å². The molecule has 0 radical (unpaired) electrons. The lowest BCUT2D eigenvalue weighted by Crippen LogP contribution is -2.36. The Morgan fingerprint density at radius 2 is 2.09 bits per heavy atom. The molecule has 2 aromatic rings. The summed E-state index contributed by atoms with van der Waals surface area (Å²) in [4.78, 5) is 22.9. The average molecular weight is 449 g/mol. The van der Waals surface area contributed by atoms with Crippen LogP contribution < -0.4 is 15.4 Å². The standard InChI is InChI=1S/C25H32N6O2/c1-31(2)11-9-27-10-12-33-23-8-4-7-21(14-23)24(20-5-3-6-20)30-25(32)22(15-26)13-19-16-28-18-29-17-19/h4,7-8,13-14,16-18,20,24,27H,3,5-6,9-12H2,1-2H3,(H,30,32)/b22-13+. The molecule has 1 unspecified atom stereocenters. The third kappa shape index (κ3) is 7.67. The number of ether oxygens (including phenoxy) is 1. The molecule has 1 saturated carbocycles. The minimum absolute atomic E-state index is 0.0327. The minimum atomic E-state index is -0.394.